The maximum atomic E-state index is 11.8. The van der Waals surface area contributed by atoms with Crippen molar-refractivity contribution in [1.82, 2.24) is 5.32 Å². The van der Waals surface area contributed by atoms with Crippen LogP contribution in [0.5, 0.6) is 0 Å². The summed E-state index contributed by atoms with van der Waals surface area (Å²) in [5.41, 5.74) is 5.49. The maximum absolute atomic E-state index is 11.8. The largest absolute Gasteiger partial charge is 0.326 e. The van der Waals surface area contributed by atoms with E-state index in [0.29, 0.717) is 0 Å². The molecule has 3 N–H and O–H groups in total. The lowest BCUT2D eigenvalue weighted by molar-refractivity contribution is 0.358. The van der Waals surface area contributed by atoms with Gasteiger partial charge in [0, 0.05) is 25.0 Å². The smallest absolute Gasteiger partial charge is 0.0950 e. The molecule has 0 bridgehead atoms. The Labute approximate surface area is 72.6 Å². The Bertz CT molecular complexity index is 84.0. The average Bonchev–Trinajstić information content (AvgIpc) is 2.14. The molecule has 0 aromatic carbocycles. The summed E-state index contributed by atoms with van der Waals surface area (Å²) in [6, 6.07) is 0.0417. The highest BCUT2D eigenvalue weighted by molar-refractivity contribution is 5.85. The van der Waals surface area contributed by atoms with Gasteiger partial charge in [0.05, 0.1) is 6.67 Å². The summed E-state index contributed by atoms with van der Waals surface area (Å²) in [5.74, 6) is 0.0648. The van der Waals surface area contributed by atoms with E-state index in [4.69, 9.17) is 5.73 Å². The van der Waals surface area contributed by atoms with Gasteiger partial charge in [0.15, 0.2) is 0 Å². The molecule has 0 aromatic rings. The maximum Gasteiger partial charge on any atom is 0.0950 e. The van der Waals surface area contributed by atoms with Gasteiger partial charge >= 0.3 is 0 Å². The van der Waals surface area contributed by atoms with Gasteiger partial charge < -0.3 is 11.1 Å². The lowest BCUT2D eigenvalue weighted by Gasteiger charge is -2.06. The van der Waals surface area contributed by atoms with Crippen molar-refractivity contribution in [1.29, 1.82) is 0 Å². The fourth-order valence-corrected chi connectivity index (χ4v) is 0.922. The molecule has 0 aliphatic carbocycles. The van der Waals surface area contributed by atoms with Crippen molar-refractivity contribution < 1.29 is 4.39 Å². The molecule has 1 heterocycles. The number of hydrogen-bond acceptors (Lipinski definition) is 2. The van der Waals surface area contributed by atoms with Crippen LogP contribution in [0, 0.1) is 5.92 Å². The molecule has 1 aliphatic rings. The monoisotopic (exact) mass is 190 g/mol. The number of hydrogen-bond donors (Lipinski definition) is 2. The Hall–Kier alpha value is 0.430. The molecule has 1 aliphatic heterocycles. The molecule has 1 saturated heterocycles. The van der Waals surface area contributed by atoms with E-state index < -0.39 is 0 Å². The Morgan fingerprint density at radius 3 is 2.20 bits per heavy atom. The molecular weight excluding hydrogens is 178 g/mol. The third kappa shape index (κ3) is 3.01. The van der Waals surface area contributed by atoms with E-state index in [1.165, 1.54) is 0 Å². The molecule has 2 nitrogen and oxygen atoms in total. The first-order valence-electron chi connectivity index (χ1n) is 2.87. The third-order valence-electron chi connectivity index (χ3n) is 1.59. The minimum atomic E-state index is -0.284. The van der Waals surface area contributed by atoms with E-state index in [0.717, 1.165) is 13.1 Å². The van der Waals surface area contributed by atoms with Gasteiger partial charge in [0.25, 0.3) is 0 Å². The highest BCUT2D eigenvalue weighted by Crippen LogP contribution is 2.05. The summed E-state index contributed by atoms with van der Waals surface area (Å²) in [6.45, 7) is 1.24. The predicted molar refractivity (Wildman–Crippen MR) is 44.8 cm³/mol. The average molecular weight is 191 g/mol. The summed E-state index contributed by atoms with van der Waals surface area (Å²) in [6.07, 6.45) is 0. The molecule has 5 heteroatoms. The standard InChI is InChI=1S/C5H11FN2.2ClH/c6-1-4-2-8-3-5(4)7;;/h4-5,8H,1-3,7H2;2*1H. The van der Waals surface area contributed by atoms with Crippen LogP contribution in [0.2, 0.25) is 0 Å². The highest BCUT2D eigenvalue weighted by Gasteiger charge is 2.22. The van der Waals surface area contributed by atoms with E-state index in [2.05, 4.69) is 5.32 Å². The fourth-order valence-electron chi connectivity index (χ4n) is 0.922. The minimum Gasteiger partial charge on any atom is -0.326 e. The van der Waals surface area contributed by atoms with Crippen molar-refractivity contribution in [3.63, 3.8) is 0 Å². The highest BCUT2D eigenvalue weighted by atomic mass is 35.5. The molecule has 1 fully saturated rings. The zero-order chi connectivity index (χ0) is 5.98. The van der Waals surface area contributed by atoms with Gasteiger partial charge in [0.1, 0.15) is 0 Å². The van der Waals surface area contributed by atoms with Gasteiger partial charge in [0.2, 0.25) is 0 Å². The Morgan fingerprint density at radius 2 is 2.00 bits per heavy atom. The van der Waals surface area contributed by atoms with Crippen LogP contribution in [0.15, 0.2) is 0 Å². The van der Waals surface area contributed by atoms with E-state index in [9.17, 15) is 4.39 Å². The van der Waals surface area contributed by atoms with Gasteiger partial charge in [-0.25, -0.2) is 0 Å². The number of rotatable bonds is 1. The van der Waals surface area contributed by atoms with Crippen LogP contribution in [0.1, 0.15) is 0 Å². The first kappa shape index (κ1) is 13.1. The second-order valence-corrected chi connectivity index (χ2v) is 2.24. The number of halogens is 3. The molecule has 0 amide bonds. The van der Waals surface area contributed by atoms with Gasteiger partial charge in [-0.1, -0.05) is 0 Å². The SMILES string of the molecule is Cl.Cl.NC1CNCC1CF. The molecule has 0 saturated carbocycles. The molecule has 64 valence electrons. The quantitative estimate of drug-likeness (QED) is 0.627. The van der Waals surface area contributed by atoms with Crippen molar-refractivity contribution >= 4 is 24.8 Å². The van der Waals surface area contributed by atoms with Crippen molar-refractivity contribution in [2.45, 2.75) is 6.04 Å². The van der Waals surface area contributed by atoms with E-state index in [1.807, 2.05) is 0 Å². The van der Waals surface area contributed by atoms with Gasteiger partial charge in [-0.3, -0.25) is 4.39 Å². The summed E-state index contributed by atoms with van der Waals surface area (Å²) in [4.78, 5) is 0. The molecular formula is C5H13Cl2FN2. The molecule has 2 atom stereocenters. The van der Waals surface area contributed by atoms with Crippen LogP contribution in [-0.4, -0.2) is 25.8 Å². The van der Waals surface area contributed by atoms with Gasteiger partial charge in [-0.15, -0.1) is 24.8 Å². The Balaban J connectivity index is 0. The molecule has 0 spiro atoms. The molecule has 0 radical (unpaired) electrons. The summed E-state index contributed by atoms with van der Waals surface area (Å²) >= 11 is 0. The number of nitrogens with one attached hydrogen (secondary N) is 1. The number of nitrogens with two attached hydrogens (primary N) is 1. The third-order valence-corrected chi connectivity index (χ3v) is 1.59. The predicted octanol–water partition coefficient (Wildman–Crippen LogP) is 0.346. The van der Waals surface area contributed by atoms with Crippen LogP contribution < -0.4 is 11.1 Å². The summed E-state index contributed by atoms with van der Waals surface area (Å²) in [7, 11) is 0. The van der Waals surface area contributed by atoms with Crippen molar-refractivity contribution in [3.8, 4) is 0 Å². The first-order chi connectivity index (χ1) is 3.84. The lowest BCUT2D eigenvalue weighted by Crippen LogP contribution is -2.29. The van der Waals surface area contributed by atoms with Crippen LogP contribution in [0.4, 0.5) is 4.39 Å². The second kappa shape index (κ2) is 6.16. The molecule has 2 unspecified atom stereocenters. The number of alkyl halides is 1. The van der Waals surface area contributed by atoms with Gasteiger partial charge in [-0.05, 0) is 0 Å². The van der Waals surface area contributed by atoms with E-state index >= 15 is 0 Å². The summed E-state index contributed by atoms with van der Waals surface area (Å²) in [5, 5.41) is 3.01. The Kier molecular flexibility index (Phi) is 8.04. The fraction of sp³-hybridized carbons (Fsp3) is 1.00. The van der Waals surface area contributed by atoms with Crippen LogP contribution in [-0.2, 0) is 0 Å². The molecule has 1 rings (SSSR count). The van der Waals surface area contributed by atoms with Crippen LogP contribution in [0.3, 0.4) is 0 Å². The normalized spacial score (nSPS) is 30.6. The molecule has 10 heavy (non-hydrogen) atoms. The molecule has 0 aromatic heterocycles. The second-order valence-electron chi connectivity index (χ2n) is 2.24. The van der Waals surface area contributed by atoms with Crippen LogP contribution in [0.25, 0.3) is 0 Å². The first-order valence-corrected chi connectivity index (χ1v) is 2.87. The van der Waals surface area contributed by atoms with E-state index in [-0.39, 0.29) is 43.4 Å². The van der Waals surface area contributed by atoms with Crippen LogP contribution >= 0.6 is 24.8 Å². The van der Waals surface area contributed by atoms with Gasteiger partial charge in [-0.2, -0.15) is 0 Å². The topological polar surface area (TPSA) is 38.0 Å². The lowest BCUT2D eigenvalue weighted by atomic mass is 10.1. The Morgan fingerprint density at radius 1 is 1.40 bits per heavy atom. The van der Waals surface area contributed by atoms with E-state index in [1.54, 1.807) is 0 Å². The zero-order valence-corrected chi connectivity index (χ0v) is 7.18. The van der Waals surface area contributed by atoms with Crippen molar-refractivity contribution in [3.05, 3.63) is 0 Å². The zero-order valence-electron chi connectivity index (χ0n) is 5.55. The summed E-state index contributed by atoms with van der Waals surface area (Å²) < 4.78 is 11.8. The van der Waals surface area contributed by atoms with Crippen molar-refractivity contribution in [2.75, 3.05) is 19.8 Å². The van der Waals surface area contributed by atoms with Crippen molar-refractivity contribution in [2.24, 2.45) is 11.7 Å². The minimum absolute atomic E-state index is 0.